The topological polar surface area (TPSA) is 160 Å². The van der Waals surface area contributed by atoms with Gasteiger partial charge in [-0.1, -0.05) is 22.8 Å². The molecule has 0 unspecified atom stereocenters. The number of aromatic nitrogens is 7. The fraction of sp³-hybridized carbons (Fsp3) is 0.333. The lowest BCUT2D eigenvalue weighted by molar-refractivity contribution is 0.0950. The summed E-state index contributed by atoms with van der Waals surface area (Å²) in [6.07, 6.45) is 1.76. The third-order valence-corrected chi connectivity index (χ3v) is 7.09. The van der Waals surface area contributed by atoms with Gasteiger partial charge in [0.15, 0.2) is 17.4 Å². The number of halogens is 1. The Labute approximate surface area is 211 Å². The molecule has 0 aliphatic rings. The molecule has 4 aromatic heterocycles. The largest absolute Gasteiger partial charge is 0.481 e. The summed E-state index contributed by atoms with van der Waals surface area (Å²) in [4.78, 5) is 12.6. The number of pyridine rings is 1. The minimum atomic E-state index is -4.08. The minimum absolute atomic E-state index is 0.0533. The number of aryl methyl sites for hydroxylation is 1. The Balaban J connectivity index is 1.70. The summed E-state index contributed by atoms with van der Waals surface area (Å²) >= 11 is 5.85. The quantitative estimate of drug-likeness (QED) is 0.318. The summed E-state index contributed by atoms with van der Waals surface area (Å²) in [7, 11) is -1.21. The fourth-order valence-corrected chi connectivity index (χ4v) is 4.62. The third kappa shape index (κ3) is 5.45. The number of hydrogen-bond acceptors (Lipinski definition) is 11. The van der Waals surface area contributed by atoms with Gasteiger partial charge < -0.3 is 14.0 Å². The highest BCUT2D eigenvalue weighted by Crippen LogP contribution is 2.27. The lowest BCUT2D eigenvalue weighted by atomic mass is 10.2. The first-order chi connectivity index (χ1) is 17.2. The van der Waals surface area contributed by atoms with Crippen LogP contribution < -0.4 is 9.46 Å². The maximum atomic E-state index is 13.4. The molecule has 0 aliphatic carbocycles. The van der Waals surface area contributed by atoms with Crippen molar-refractivity contribution >= 4 is 27.6 Å². The van der Waals surface area contributed by atoms with Crippen molar-refractivity contribution in [3.05, 3.63) is 59.0 Å². The van der Waals surface area contributed by atoms with E-state index in [-0.39, 0.29) is 24.1 Å². The molecule has 190 valence electrons. The van der Waals surface area contributed by atoms with Crippen molar-refractivity contribution in [3.63, 3.8) is 0 Å². The lowest BCUT2D eigenvalue weighted by Gasteiger charge is -2.22. The van der Waals surface area contributed by atoms with Crippen LogP contribution >= 0.6 is 11.6 Å². The van der Waals surface area contributed by atoms with Gasteiger partial charge >= 0.3 is 0 Å². The number of hydrogen-bond donors (Lipinski definition) is 1. The Morgan fingerprint density at radius 3 is 2.58 bits per heavy atom. The number of nitrogens with one attached hydrogen (secondary N) is 1. The van der Waals surface area contributed by atoms with Gasteiger partial charge in [0.2, 0.25) is 21.9 Å². The van der Waals surface area contributed by atoms with Gasteiger partial charge in [0.05, 0.1) is 24.4 Å². The van der Waals surface area contributed by atoms with Gasteiger partial charge in [0.1, 0.15) is 17.0 Å². The van der Waals surface area contributed by atoms with E-state index >= 15 is 0 Å². The predicted octanol–water partition coefficient (Wildman–Crippen LogP) is 2.65. The Hall–Kier alpha value is -3.62. The second kappa shape index (κ2) is 10.6. The summed E-state index contributed by atoms with van der Waals surface area (Å²) in [5, 5.41) is 11.3. The van der Waals surface area contributed by atoms with E-state index in [1.54, 1.807) is 31.2 Å². The monoisotopic (exact) mass is 534 g/mol. The van der Waals surface area contributed by atoms with E-state index in [1.807, 2.05) is 0 Å². The van der Waals surface area contributed by atoms with Crippen molar-refractivity contribution in [2.45, 2.75) is 31.7 Å². The molecular formula is C21H23ClN8O5S. The second-order valence-corrected chi connectivity index (χ2v) is 10.2. The zero-order valence-corrected chi connectivity index (χ0v) is 21.4. The molecule has 4 heterocycles. The Morgan fingerprint density at radius 2 is 1.94 bits per heavy atom. The summed E-state index contributed by atoms with van der Waals surface area (Å²) in [5.41, 5.74) is 1.08. The van der Waals surface area contributed by atoms with Crippen LogP contribution in [0.25, 0.3) is 11.5 Å². The van der Waals surface area contributed by atoms with Crippen LogP contribution in [0.2, 0.25) is 5.02 Å². The highest BCUT2D eigenvalue weighted by Gasteiger charge is 2.34. The van der Waals surface area contributed by atoms with E-state index in [1.165, 1.54) is 38.1 Å². The summed E-state index contributed by atoms with van der Waals surface area (Å²) in [6, 6.07) is 6.84. The first-order valence-electron chi connectivity index (χ1n) is 10.6. The highest BCUT2D eigenvalue weighted by molar-refractivity contribution is 7.93. The summed E-state index contributed by atoms with van der Waals surface area (Å²) < 4.78 is 46.7. The standard InChI is InChI=1S/C21H23ClN8O5S/c1-12-8-15(35-28-12)11-30-20(16-6-5-7-17(25-16)33-3)26-27-21(30)29-36(31,32)13(2)18(34-4)19-23-9-14(22)10-24-19/h5-10,13,18H,11H2,1-4H3,(H,27,29)/t13-,18-/m0/s1. The number of methoxy groups -OCH3 is 2. The molecule has 0 aliphatic heterocycles. The summed E-state index contributed by atoms with van der Waals surface area (Å²) in [6.45, 7) is 3.33. The molecule has 0 radical (unpaired) electrons. The molecule has 4 aromatic rings. The molecule has 15 heteroatoms. The molecule has 0 bridgehead atoms. The molecule has 0 fully saturated rings. The number of rotatable bonds is 10. The lowest BCUT2D eigenvalue weighted by Crippen LogP contribution is -2.33. The molecule has 1 N–H and O–H groups in total. The van der Waals surface area contributed by atoms with Crippen LogP contribution in [0, 0.1) is 6.92 Å². The molecule has 0 amide bonds. The molecule has 36 heavy (non-hydrogen) atoms. The second-order valence-electron chi connectivity index (χ2n) is 7.70. The maximum absolute atomic E-state index is 13.4. The zero-order chi connectivity index (χ0) is 25.9. The zero-order valence-electron chi connectivity index (χ0n) is 19.8. The van der Waals surface area contributed by atoms with Crippen LogP contribution in [0.3, 0.4) is 0 Å². The number of sulfonamides is 1. The van der Waals surface area contributed by atoms with Crippen LogP contribution in [0.1, 0.15) is 30.3 Å². The Morgan fingerprint density at radius 1 is 1.19 bits per heavy atom. The van der Waals surface area contributed by atoms with Crippen LogP contribution in [-0.4, -0.2) is 62.8 Å². The predicted molar refractivity (Wildman–Crippen MR) is 129 cm³/mol. The van der Waals surface area contributed by atoms with E-state index < -0.39 is 21.4 Å². The summed E-state index contributed by atoms with van der Waals surface area (Å²) in [5.74, 6) is 1.23. The van der Waals surface area contributed by atoms with Gasteiger partial charge in [-0.05, 0) is 19.9 Å². The van der Waals surface area contributed by atoms with Gasteiger partial charge in [-0.15, -0.1) is 10.2 Å². The van der Waals surface area contributed by atoms with Crippen LogP contribution in [0.4, 0.5) is 5.95 Å². The van der Waals surface area contributed by atoms with Gasteiger partial charge in [0, 0.05) is 31.6 Å². The van der Waals surface area contributed by atoms with Crippen molar-refractivity contribution in [2.75, 3.05) is 18.9 Å². The van der Waals surface area contributed by atoms with Gasteiger partial charge in [0.25, 0.3) is 0 Å². The van der Waals surface area contributed by atoms with Crippen LogP contribution in [-0.2, 0) is 21.3 Å². The number of nitrogens with zero attached hydrogens (tertiary/aromatic N) is 7. The average Bonchev–Trinajstić information content (AvgIpc) is 3.46. The maximum Gasteiger partial charge on any atom is 0.240 e. The molecule has 0 saturated carbocycles. The van der Waals surface area contributed by atoms with Crippen LogP contribution in [0.15, 0.2) is 41.2 Å². The van der Waals surface area contributed by atoms with Gasteiger partial charge in [-0.2, -0.15) is 0 Å². The van der Waals surface area contributed by atoms with E-state index in [0.29, 0.717) is 28.1 Å². The molecule has 0 spiro atoms. The van der Waals surface area contributed by atoms with E-state index in [2.05, 4.69) is 35.0 Å². The normalized spacial score (nSPS) is 13.4. The minimum Gasteiger partial charge on any atom is -0.481 e. The Kier molecular flexibility index (Phi) is 7.47. The molecule has 13 nitrogen and oxygen atoms in total. The molecular weight excluding hydrogens is 512 g/mol. The first kappa shape index (κ1) is 25.5. The van der Waals surface area contributed by atoms with E-state index in [4.69, 9.17) is 25.6 Å². The Bertz CT molecular complexity index is 1440. The van der Waals surface area contributed by atoms with E-state index in [0.717, 1.165) is 0 Å². The smallest absolute Gasteiger partial charge is 0.240 e. The number of anilines is 1. The number of ether oxygens (including phenoxy) is 2. The van der Waals surface area contributed by atoms with Crippen molar-refractivity contribution in [1.29, 1.82) is 0 Å². The molecule has 2 atom stereocenters. The average molecular weight is 535 g/mol. The van der Waals surface area contributed by atoms with Crippen LogP contribution in [0.5, 0.6) is 5.88 Å². The first-order valence-corrected chi connectivity index (χ1v) is 12.5. The fourth-order valence-electron chi connectivity index (χ4n) is 3.38. The third-order valence-electron chi connectivity index (χ3n) is 5.20. The van der Waals surface area contributed by atoms with Gasteiger partial charge in [-0.25, -0.2) is 23.4 Å². The van der Waals surface area contributed by atoms with Crippen molar-refractivity contribution in [1.82, 2.24) is 34.9 Å². The van der Waals surface area contributed by atoms with Crippen molar-refractivity contribution in [3.8, 4) is 17.4 Å². The molecule has 0 aromatic carbocycles. The highest BCUT2D eigenvalue weighted by atomic mass is 35.5. The van der Waals surface area contributed by atoms with Gasteiger partial charge in [-0.3, -0.25) is 9.29 Å². The van der Waals surface area contributed by atoms with Crippen molar-refractivity contribution < 1.29 is 22.4 Å². The van der Waals surface area contributed by atoms with Crippen molar-refractivity contribution in [2.24, 2.45) is 0 Å². The SMILES string of the molecule is COc1cccc(-c2nnc(NS(=O)(=O)[C@@H](C)[C@H](OC)c3ncc(Cl)cn3)n2Cc2cc(C)no2)n1. The molecule has 0 saturated heterocycles. The van der Waals surface area contributed by atoms with E-state index in [9.17, 15) is 8.42 Å². The molecule has 4 rings (SSSR count).